The molecule has 0 fully saturated rings. The molecule has 0 bridgehead atoms. The molecule has 2 aromatic carbocycles. The standard InChI is InChI=1S/C15H10ClFN2O2S/c16-12-2-1-3-13(17)11(12)8-22-15-19-18-14(21-15)9-4-6-10(20)7-5-9/h1-7,20H,8H2. The van der Waals surface area contributed by atoms with E-state index in [-0.39, 0.29) is 11.6 Å². The molecule has 0 saturated heterocycles. The lowest BCUT2D eigenvalue weighted by Crippen LogP contribution is -1.88. The van der Waals surface area contributed by atoms with Crippen LogP contribution in [0.4, 0.5) is 4.39 Å². The lowest BCUT2D eigenvalue weighted by molar-refractivity contribution is 0.465. The average molecular weight is 337 g/mol. The summed E-state index contributed by atoms with van der Waals surface area (Å²) in [5.74, 6) is 0.426. The predicted molar refractivity (Wildman–Crippen MR) is 82.4 cm³/mol. The molecule has 1 heterocycles. The van der Waals surface area contributed by atoms with Gasteiger partial charge in [0.25, 0.3) is 5.22 Å². The van der Waals surface area contributed by atoms with Crippen LogP contribution in [0.3, 0.4) is 0 Å². The zero-order valence-electron chi connectivity index (χ0n) is 11.2. The number of rotatable bonds is 4. The van der Waals surface area contributed by atoms with Crippen LogP contribution in [0.2, 0.25) is 5.02 Å². The molecular formula is C15H10ClFN2O2S. The molecule has 1 N–H and O–H groups in total. The molecule has 22 heavy (non-hydrogen) atoms. The molecule has 3 aromatic rings. The van der Waals surface area contributed by atoms with Crippen LogP contribution in [0.1, 0.15) is 5.56 Å². The van der Waals surface area contributed by atoms with Crippen molar-refractivity contribution in [3.05, 3.63) is 58.9 Å². The third-order valence-corrected chi connectivity index (χ3v) is 4.12. The highest BCUT2D eigenvalue weighted by Crippen LogP contribution is 2.29. The summed E-state index contributed by atoms with van der Waals surface area (Å²) in [6, 6.07) is 11.0. The normalized spacial score (nSPS) is 10.8. The Morgan fingerprint density at radius 3 is 2.64 bits per heavy atom. The molecule has 0 aliphatic heterocycles. The number of halogens is 2. The van der Waals surface area contributed by atoms with Crippen LogP contribution in [0.25, 0.3) is 11.5 Å². The second-order valence-corrected chi connectivity index (χ2v) is 5.74. The fourth-order valence-electron chi connectivity index (χ4n) is 1.79. The highest BCUT2D eigenvalue weighted by Gasteiger charge is 2.12. The number of hydrogen-bond donors (Lipinski definition) is 1. The van der Waals surface area contributed by atoms with Gasteiger partial charge in [0.2, 0.25) is 5.89 Å². The Morgan fingerprint density at radius 2 is 1.91 bits per heavy atom. The fourth-order valence-corrected chi connectivity index (χ4v) is 2.90. The van der Waals surface area contributed by atoms with Gasteiger partial charge in [-0.05, 0) is 36.4 Å². The third kappa shape index (κ3) is 3.23. The number of aromatic hydroxyl groups is 1. The van der Waals surface area contributed by atoms with Crippen LogP contribution in [-0.4, -0.2) is 15.3 Å². The molecule has 1 aromatic heterocycles. The van der Waals surface area contributed by atoms with Crippen molar-refractivity contribution in [2.24, 2.45) is 0 Å². The number of thioether (sulfide) groups is 1. The summed E-state index contributed by atoms with van der Waals surface area (Å²) in [7, 11) is 0. The van der Waals surface area contributed by atoms with Gasteiger partial charge < -0.3 is 9.52 Å². The molecule has 3 rings (SSSR count). The van der Waals surface area contributed by atoms with E-state index in [1.165, 1.54) is 30.0 Å². The van der Waals surface area contributed by atoms with E-state index in [1.54, 1.807) is 24.3 Å². The van der Waals surface area contributed by atoms with E-state index in [9.17, 15) is 9.50 Å². The Morgan fingerprint density at radius 1 is 1.14 bits per heavy atom. The van der Waals surface area contributed by atoms with Gasteiger partial charge in [-0.2, -0.15) is 0 Å². The summed E-state index contributed by atoms with van der Waals surface area (Å²) in [6.45, 7) is 0. The van der Waals surface area contributed by atoms with Gasteiger partial charge in [-0.25, -0.2) is 4.39 Å². The van der Waals surface area contributed by atoms with Crippen LogP contribution in [0.5, 0.6) is 5.75 Å². The van der Waals surface area contributed by atoms with E-state index < -0.39 is 0 Å². The number of benzene rings is 2. The van der Waals surface area contributed by atoms with Crippen LogP contribution in [0.15, 0.2) is 52.1 Å². The van der Waals surface area contributed by atoms with Crippen molar-refractivity contribution in [1.29, 1.82) is 0 Å². The summed E-state index contributed by atoms with van der Waals surface area (Å²) in [5.41, 5.74) is 1.10. The largest absolute Gasteiger partial charge is 0.508 e. The van der Waals surface area contributed by atoms with Crippen LogP contribution in [0, 0.1) is 5.82 Å². The summed E-state index contributed by atoms with van der Waals surface area (Å²) < 4.78 is 19.2. The molecule has 0 amide bonds. The van der Waals surface area contributed by atoms with E-state index >= 15 is 0 Å². The number of phenols is 1. The van der Waals surface area contributed by atoms with E-state index in [2.05, 4.69) is 10.2 Å². The lowest BCUT2D eigenvalue weighted by Gasteiger charge is -2.02. The molecule has 0 aliphatic carbocycles. The van der Waals surface area contributed by atoms with Gasteiger partial charge in [-0.3, -0.25) is 0 Å². The van der Waals surface area contributed by atoms with Crippen molar-refractivity contribution in [3.8, 4) is 17.2 Å². The van der Waals surface area contributed by atoms with Crippen LogP contribution < -0.4 is 0 Å². The predicted octanol–water partition coefficient (Wildman–Crippen LogP) is 4.53. The second-order valence-electron chi connectivity index (χ2n) is 4.41. The topological polar surface area (TPSA) is 59.2 Å². The highest BCUT2D eigenvalue weighted by atomic mass is 35.5. The number of phenolic OH excluding ortho intramolecular Hbond substituents is 1. The molecule has 0 spiro atoms. The molecule has 0 atom stereocenters. The average Bonchev–Trinajstić information content (AvgIpc) is 2.96. The van der Waals surface area contributed by atoms with E-state index in [1.807, 2.05) is 0 Å². The Kier molecular flexibility index (Phi) is 4.31. The first-order valence-electron chi connectivity index (χ1n) is 6.32. The maximum absolute atomic E-state index is 13.7. The Hall–Kier alpha value is -2.05. The molecule has 112 valence electrons. The molecule has 0 saturated carbocycles. The molecular weight excluding hydrogens is 327 g/mol. The number of aromatic nitrogens is 2. The zero-order valence-corrected chi connectivity index (χ0v) is 12.7. The fraction of sp³-hybridized carbons (Fsp3) is 0.0667. The van der Waals surface area contributed by atoms with Gasteiger partial charge in [0.05, 0.1) is 0 Å². The smallest absolute Gasteiger partial charge is 0.277 e. The summed E-state index contributed by atoms with van der Waals surface area (Å²) in [6.07, 6.45) is 0. The van der Waals surface area contributed by atoms with Crippen molar-refractivity contribution < 1.29 is 13.9 Å². The van der Waals surface area contributed by atoms with E-state index in [0.29, 0.717) is 33.0 Å². The van der Waals surface area contributed by atoms with Crippen LogP contribution in [-0.2, 0) is 5.75 Å². The number of hydrogen-bond acceptors (Lipinski definition) is 5. The van der Waals surface area contributed by atoms with Gasteiger partial charge in [0.15, 0.2) is 0 Å². The summed E-state index contributed by atoms with van der Waals surface area (Å²) in [4.78, 5) is 0. The SMILES string of the molecule is Oc1ccc(-c2nnc(SCc3c(F)cccc3Cl)o2)cc1. The molecule has 0 unspecified atom stereocenters. The zero-order chi connectivity index (χ0) is 15.5. The van der Waals surface area contributed by atoms with Gasteiger partial charge in [-0.1, -0.05) is 29.4 Å². The molecule has 0 aliphatic rings. The van der Waals surface area contributed by atoms with Crippen molar-refractivity contribution in [2.75, 3.05) is 0 Å². The highest BCUT2D eigenvalue weighted by molar-refractivity contribution is 7.98. The van der Waals surface area contributed by atoms with Crippen molar-refractivity contribution >= 4 is 23.4 Å². The minimum Gasteiger partial charge on any atom is -0.508 e. The third-order valence-electron chi connectivity index (χ3n) is 2.92. The van der Waals surface area contributed by atoms with Gasteiger partial charge in [0, 0.05) is 21.9 Å². The van der Waals surface area contributed by atoms with Gasteiger partial charge >= 0.3 is 0 Å². The summed E-state index contributed by atoms with van der Waals surface area (Å²) >= 11 is 7.17. The first-order valence-corrected chi connectivity index (χ1v) is 7.68. The minimum atomic E-state index is -0.363. The number of nitrogens with zero attached hydrogens (tertiary/aromatic N) is 2. The molecule has 0 radical (unpaired) electrons. The van der Waals surface area contributed by atoms with Crippen molar-refractivity contribution in [3.63, 3.8) is 0 Å². The Bertz CT molecular complexity index is 772. The van der Waals surface area contributed by atoms with Crippen LogP contribution >= 0.6 is 23.4 Å². The maximum Gasteiger partial charge on any atom is 0.277 e. The molecule has 4 nitrogen and oxygen atoms in total. The Balaban J connectivity index is 1.73. The first kappa shape index (κ1) is 14.9. The maximum atomic E-state index is 13.7. The van der Waals surface area contributed by atoms with Crippen molar-refractivity contribution in [2.45, 2.75) is 11.0 Å². The van der Waals surface area contributed by atoms with E-state index in [0.717, 1.165) is 0 Å². The van der Waals surface area contributed by atoms with Crippen molar-refractivity contribution in [1.82, 2.24) is 10.2 Å². The second kappa shape index (κ2) is 6.37. The quantitative estimate of drug-likeness (QED) is 0.709. The lowest BCUT2D eigenvalue weighted by atomic mass is 10.2. The monoisotopic (exact) mass is 336 g/mol. The minimum absolute atomic E-state index is 0.159. The Labute approximate surface area is 134 Å². The molecule has 7 heteroatoms. The summed E-state index contributed by atoms with van der Waals surface area (Å²) in [5, 5.41) is 17.8. The van der Waals surface area contributed by atoms with E-state index in [4.69, 9.17) is 16.0 Å². The van der Waals surface area contributed by atoms with Gasteiger partial charge in [-0.15, -0.1) is 10.2 Å². The first-order chi connectivity index (χ1) is 10.6. The van der Waals surface area contributed by atoms with Gasteiger partial charge in [0.1, 0.15) is 11.6 Å².